The highest BCUT2D eigenvalue weighted by atomic mass is 16.5. The molecule has 0 spiro atoms. The molecule has 0 aliphatic rings. The highest BCUT2D eigenvalue weighted by Gasteiger charge is 2.26. The number of aromatic nitrogens is 2. The van der Waals surface area contributed by atoms with Crippen molar-refractivity contribution < 1.29 is 9.53 Å². The fourth-order valence-electron chi connectivity index (χ4n) is 3.71. The van der Waals surface area contributed by atoms with Gasteiger partial charge < -0.3 is 15.4 Å². The number of ether oxygens (including phenoxy) is 1. The quantitative estimate of drug-likeness (QED) is 0.502. The molecule has 0 radical (unpaired) electrons. The maximum absolute atomic E-state index is 13.8. The van der Waals surface area contributed by atoms with Crippen LogP contribution in [0.3, 0.4) is 0 Å². The van der Waals surface area contributed by atoms with E-state index in [0.717, 1.165) is 12.1 Å². The molecule has 1 heterocycles. The van der Waals surface area contributed by atoms with Crippen LogP contribution < -0.4 is 31.5 Å². The van der Waals surface area contributed by atoms with Gasteiger partial charge in [0, 0.05) is 37.5 Å². The van der Waals surface area contributed by atoms with Crippen LogP contribution in [0.25, 0.3) is 0 Å². The number of para-hydroxylation sites is 1. The second kappa shape index (κ2) is 10.7. The van der Waals surface area contributed by atoms with Gasteiger partial charge in [-0.2, -0.15) is 0 Å². The van der Waals surface area contributed by atoms with Crippen LogP contribution in [-0.2, 0) is 13.1 Å². The van der Waals surface area contributed by atoms with Gasteiger partial charge in [0.2, 0.25) is 0 Å². The number of benzene rings is 2. The van der Waals surface area contributed by atoms with Gasteiger partial charge in [0.25, 0.3) is 11.5 Å². The van der Waals surface area contributed by atoms with Crippen LogP contribution in [0.15, 0.2) is 58.1 Å². The number of carbonyl (C=O) groups excluding carboxylic acids is 1. The summed E-state index contributed by atoms with van der Waals surface area (Å²) in [5.41, 5.74) is 6.87. The summed E-state index contributed by atoms with van der Waals surface area (Å²) in [5.74, 6) is 0.0957. The summed E-state index contributed by atoms with van der Waals surface area (Å²) in [5, 5.41) is 0. The molecule has 1 aromatic heterocycles. The first-order chi connectivity index (χ1) is 16.3. The van der Waals surface area contributed by atoms with Crippen molar-refractivity contribution in [3.63, 3.8) is 0 Å². The first kappa shape index (κ1) is 24.6. The Balaban J connectivity index is 2.20. The van der Waals surface area contributed by atoms with E-state index in [4.69, 9.17) is 10.5 Å². The zero-order valence-corrected chi connectivity index (χ0v) is 20.0. The van der Waals surface area contributed by atoms with Crippen molar-refractivity contribution in [3.05, 3.63) is 80.5 Å². The maximum Gasteiger partial charge on any atom is 0.330 e. The first-order valence-corrected chi connectivity index (χ1v) is 11.1. The van der Waals surface area contributed by atoms with Gasteiger partial charge in [-0.25, -0.2) is 4.79 Å². The number of unbranched alkanes of at least 4 members (excludes halogenated alkanes) is 1. The summed E-state index contributed by atoms with van der Waals surface area (Å²) in [6.07, 6.45) is 1.53. The van der Waals surface area contributed by atoms with Gasteiger partial charge in [-0.1, -0.05) is 37.6 Å². The van der Waals surface area contributed by atoms with Gasteiger partial charge in [0.15, 0.2) is 5.69 Å². The van der Waals surface area contributed by atoms with Crippen LogP contribution in [0, 0.1) is 0 Å². The van der Waals surface area contributed by atoms with Crippen molar-refractivity contribution >= 4 is 23.1 Å². The molecule has 3 N–H and O–H groups in total. The van der Waals surface area contributed by atoms with E-state index in [0.29, 0.717) is 29.8 Å². The third-order valence-corrected chi connectivity index (χ3v) is 5.59. The van der Waals surface area contributed by atoms with E-state index in [1.807, 2.05) is 50.2 Å². The number of nitrogen functional groups attached to an aromatic ring is 1. The third kappa shape index (κ3) is 5.14. The van der Waals surface area contributed by atoms with Crippen molar-refractivity contribution in [2.75, 3.05) is 36.7 Å². The number of nitrogens with two attached hydrogens (primary N) is 1. The van der Waals surface area contributed by atoms with E-state index >= 15 is 0 Å². The van der Waals surface area contributed by atoms with Gasteiger partial charge >= 0.3 is 5.69 Å². The highest BCUT2D eigenvalue weighted by Crippen LogP contribution is 2.27. The molecule has 180 valence electrons. The fourth-order valence-corrected chi connectivity index (χ4v) is 3.71. The van der Waals surface area contributed by atoms with Crippen LogP contribution in [0.1, 0.15) is 35.7 Å². The minimum absolute atomic E-state index is 0.0221. The largest absolute Gasteiger partial charge is 0.496 e. The van der Waals surface area contributed by atoms with Crippen molar-refractivity contribution in [2.45, 2.75) is 32.9 Å². The number of hydrogen-bond donors (Lipinski definition) is 2. The number of anilines is 3. The Bertz CT molecular complexity index is 1280. The summed E-state index contributed by atoms with van der Waals surface area (Å²) in [6, 6.07) is 14.3. The number of nitrogens with one attached hydrogen (secondary N) is 1. The number of H-pyrrole nitrogens is 1. The van der Waals surface area contributed by atoms with Gasteiger partial charge in [0.05, 0.1) is 13.7 Å². The maximum atomic E-state index is 13.8. The molecule has 9 heteroatoms. The van der Waals surface area contributed by atoms with E-state index < -0.39 is 17.2 Å². The lowest BCUT2D eigenvalue weighted by Crippen LogP contribution is -2.41. The Hall–Kier alpha value is -4.01. The minimum Gasteiger partial charge on any atom is -0.496 e. The van der Waals surface area contributed by atoms with Gasteiger partial charge in [0.1, 0.15) is 11.6 Å². The SMILES string of the molecule is CCCCn1c(N)c(N(Cc2ccccc2OC)C(=O)c2cccc(N(C)C)c2)c(=O)[nH]c1=O. The number of nitrogens with zero attached hydrogens (tertiary/aromatic N) is 3. The lowest BCUT2D eigenvalue weighted by atomic mass is 10.1. The number of rotatable bonds is 9. The zero-order valence-electron chi connectivity index (χ0n) is 20.0. The van der Waals surface area contributed by atoms with Crippen molar-refractivity contribution in [1.29, 1.82) is 0 Å². The number of amides is 1. The molecule has 0 bridgehead atoms. The molecular weight excluding hydrogens is 434 g/mol. The second-order valence-electron chi connectivity index (χ2n) is 8.15. The summed E-state index contributed by atoms with van der Waals surface area (Å²) >= 11 is 0. The molecule has 2 aromatic carbocycles. The second-order valence-corrected chi connectivity index (χ2v) is 8.15. The molecule has 3 rings (SSSR count). The molecule has 9 nitrogen and oxygen atoms in total. The number of hydrogen-bond acceptors (Lipinski definition) is 6. The van der Waals surface area contributed by atoms with Gasteiger partial charge in [-0.3, -0.25) is 24.0 Å². The van der Waals surface area contributed by atoms with Crippen molar-refractivity contribution in [3.8, 4) is 5.75 Å². The lowest BCUT2D eigenvalue weighted by Gasteiger charge is -2.26. The van der Waals surface area contributed by atoms with E-state index in [9.17, 15) is 14.4 Å². The highest BCUT2D eigenvalue weighted by molar-refractivity contribution is 6.07. The van der Waals surface area contributed by atoms with Crippen LogP contribution in [-0.4, -0.2) is 36.7 Å². The molecule has 0 atom stereocenters. The van der Waals surface area contributed by atoms with E-state index in [2.05, 4.69) is 4.98 Å². The smallest absolute Gasteiger partial charge is 0.330 e. The van der Waals surface area contributed by atoms with Crippen LogP contribution in [0.5, 0.6) is 5.75 Å². The van der Waals surface area contributed by atoms with Gasteiger partial charge in [-0.05, 0) is 30.7 Å². The first-order valence-electron chi connectivity index (χ1n) is 11.1. The molecule has 0 unspecified atom stereocenters. The van der Waals surface area contributed by atoms with Crippen LogP contribution in [0.4, 0.5) is 17.2 Å². The summed E-state index contributed by atoms with van der Waals surface area (Å²) in [7, 11) is 5.29. The molecule has 3 aromatic rings. The van der Waals surface area contributed by atoms with E-state index in [1.54, 1.807) is 24.3 Å². The van der Waals surface area contributed by atoms with Crippen molar-refractivity contribution in [1.82, 2.24) is 9.55 Å². The molecular formula is C25H31N5O4. The topological polar surface area (TPSA) is 114 Å². The number of carbonyl (C=O) groups is 1. The molecule has 0 saturated carbocycles. The summed E-state index contributed by atoms with van der Waals surface area (Å²) < 4.78 is 6.76. The predicted molar refractivity (Wildman–Crippen MR) is 135 cm³/mol. The van der Waals surface area contributed by atoms with Gasteiger partial charge in [-0.15, -0.1) is 0 Å². The fraction of sp³-hybridized carbons (Fsp3) is 0.320. The lowest BCUT2D eigenvalue weighted by molar-refractivity contribution is 0.0984. The molecule has 34 heavy (non-hydrogen) atoms. The third-order valence-electron chi connectivity index (χ3n) is 5.59. The molecule has 1 amide bonds. The Kier molecular flexibility index (Phi) is 7.78. The average molecular weight is 466 g/mol. The molecule has 0 aliphatic heterocycles. The average Bonchev–Trinajstić information content (AvgIpc) is 2.83. The van der Waals surface area contributed by atoms with Crippen molar-refractivity contribution in [2.24, 2.45) is 0 Å². The summed E-state index contributed by atoms with van der Waals surface area (Å²) in [6.45, 7) is 2.34. The van der Waals surface area contributed by atoms with Crippen LogP contribution in [0.2, 0.25) is 0 Å². The standard InChI is InChI=1S/C25H31N5O4/c1-5-6-14-29-22(26)21(23(31)27-25(29)33)30(16-18-10-7-8-13-20(18)34-4)24(32)17-11-9-12-19(15-17)28(2)3/h7-13,15H,5-6,14,16,26H2,1-4H3,(H,27,31,33). The molecule has 0 saturated heterocycles. The Labute approximate surface area is 198 Å². The van der Waals surface area contributed by atoms with E-state index in [-0.39, 0.29) is 18.1 Å². The van der Waals surface area contributed by atoms with Crippen LogP contribution >= 0.6 is 0 Å². The van der Waals surface area contributed by atoms with E-state index in [1.165, 1.54) is 16.6 Å². The normalized spacial score (nSPS) is 10.7. The predicted octanol–water partition coefficient (Wildman–Crippen LogP) is 2.84. The number of methoxy groups -OCH3 is 1. The monoisotopic (exact) mass is 465 g/mol. The molecule has 0 aliphatic carbocycles. The summed E-state index contributed by atoms with van der Waals surface area (Å²) in [4.78, 5) is 44.8. The Morgan fingerprint density at radius 1 is 1.12 bits per heavy atom. The zero-order chi connectivity index (χ0) is 24.8. The Morgan fingerprint density at radius 3 is 2.53 bits per heavy atom. The number of aromatic amines is 1. The molecule has 0 fully saturated rings. The Morgan fingerprint density at radius 2 is 1.85 bits per heavy atom. The minimum atomic E-state index is -0.720.